The van der Waals surface area contributed by atoms with Crippen LogP contribution < -0.4 is 3.78 Å². The summed E-state index contributed by atoms with van der Waals surface area (Å²) in [5, 5.41) is 12.2. The molecule has 0 saturated heterocycles. The van der Waals surface area contributed by atoms with Gasteiger partial charge in [0.05, 0.1) is 0 Å². The zero-order valence-electron chi connectivity index (χ0n) is 8.37. The summed E-state index contributed by atoms with van der Waals surface area (Å²) in [6.07, 6.45) is 0. The Kier molecular flexibility index (Phi) is 3.27. The second-order valence-corrected chi connectivity index (χ2v) is 5.36. The molecule has 0 heterocycles. The van der Waals surface area contributed by atoms with Gasteiger partial charge in [0.15, 0.2) is 0 Å². The average Bonchev–Trinajstić information content (AvgIpc) is 2.30. The van der Waals surface area contributed by atoms with Crippen LogP contribution in [0.5, 0.6) is 5.75 Å². The van der Waals surface area contributed by atoms with E-state index in [-0.39, 0.29) is 19.8 Å². The van der Waals surface area contributed by atoms with Crippen LogP contribution in [0.15, 0.2) is 48.5 Å². The van der Waals surface area contributed by atoms with Crippen molar-refractivity contribution in [3.05, 3.63) is 48.5 Å². The van der Waals surface area contributed by atoms with Gasteiger partial charge in [0.2, 0.25) is 0 Å². The third kappa shape index (κ3) is 2.15. The topological polar surface area (TPSA) is 20.2 Å². The Labute approximate surface area is 99.1 Å². The first kappa shape index (κ1) is 10.5. The van der Waals surface area contributed by atoms with Crippen molar-refractivity contribution in [3.63, 3.8) is 0 Å². The van der Waals surface area contributed by atoms with Crippen LogP contribution in [-0.4, -0.2) is 5.11 Å². The van der Waals surface area contributed by atoms with Gasteiger partial charge in [-0.3, -0.25) is 0 Å². The molecule has 0 fully saturated rings. The number of hydrogen-bond donors (Lipinski definition) is 1. The van der Waals surface area contributed by atoms with E-state index in [1.165, 1.54) is 0 Å². The van der Waals surface area contributed by atoms with Crippen molar-refractivity contribution < 1.29 is 24.9 Å². The van der Waals surface area contributed by atoms with Crippen LogP contribution in [0.2, 0.25) is 5.14 Å². The first-order valence-corrected chi connectivity index (χ1v) is 7.83. The molecule has 0 amide bonds. The second kappa shape index (κ2) is 4.67. The van der Waals surface area contributed by atoms with Crippen molar-refractivity contribution in [1.82, 2.24) is 0 Å². The number of phenols is 1. The molecule has 1 N–H and O–H groups in total. The molecule has 0 bridgehead atoms. The molecule has 0 aliphatic carbocycles. The summed E-state index contributed by atoms with van der Waals surface area (Å²) < 4.78 is 1.09. The standard InChI is InChI=1S/C12H9O.CH3.Au/c13-12-9-5-4-8-11(12)10-6-2-1-3-7-10;;/h1-8,13H;1H3;. The summed E-state index contributed by atoms with van der Waals surface area (Å²) in [6, 6.07) is 16.0. The summed E-state index contributed by atoms with van der Waals surface area (Å²) in [6.45, 7) is 0. The predicted octanol–water partition coefficient (Wildman–Crippen LogP) is 2.82. The third-order valence-corrected chi connectivity index (χ3v) is 4.24. The van der Waals surface area contributed by atoms with E-state index in [2.05, 4.69) is 5.14 Å². The normalized spacial score (nSPS) is 10.5. The number of hydrogen-bond acceptors (Lipinski definition) is 1. The van der Waals surface area contributed by atoms with Gasteiger partial charge in [-0.1, -0.05) is 0 Å². The van der Waals surface area contributed by atoms with E-state index in [1.807, 2.05) is 48.5 Å². The molecule has 81 valence electrons. The van der Waals surface area contributed by atoms with Crippen LogP contribution in [0, 0.1) is 0 Å². The van der Waals surface area contributed by atoms with Crippen molar-refractivity contribution in [2.24, 2.45) is 0 Å². The third-order valence-electron chi connectivity index (χ3n) is 2.20. The van der Waals surface area contributed by atoms with Gasteiger partial charge < -0.3 is 0 Å². The minimum atomic E-state index is 0.0363. The maximum absolute atomic E-state index is 10.1. The van der Waals surface area contributed by atoms with Crippen LogP contribution in [0.25, 0.3) is 11.1 Å². The Morgan fingerprint density at radius 3 is 2.33 bits per heavy atom. The molecule has 0 aliphatic rings. The molecule has 0 saturated carbocycles. The molecule has 15 heavy (non-hydrogen) atoms. The second-order valence-electron chi connectivity index (χ2n) is 3.11. The fourth-order valence-electron chi connectivity index (χ4n) is 1.47. The summed E-state index contributed by atoms with van der Waals surface area (Å²) in [5.74, 6) is 0.452. The van der Waals surface area contributed by atoms with Crippen molar-refractivity contribution in [2.75, 3.05) is 0 Å². The van der Waals surface area contributed by atoms with Gasteiger partial charge in [-0.2, -0.15) is 0 Å². The average molecular weight is 381 g/mol. The number of benzene rings is 2. The fourth-order valence-corrected chi connectivity index (χ4v) is 2.84. The van der Waals surface area contributed by atoms with Crippen LogP contribution in [0.4, 0.5) is 0 Å². The van der Waals surface area contributed by atoms with Crippen molar-refractivity contribution in [2.45, 2.75) is 5.14 Å². The Morgan fingerprint density at radius 2 is 1.67 bits per heavy atom. The van der Waals surface area contributed by atoms with E-state index in [0.717, 1.165) is 14.9 Å². The first-order valence-electron chi connectivity index (χ1n) is 4.58. The van der Waals surface area contributed by atoms with Crippen LogP contribution in [0.1, 0.15) is 0 Å². The quantitative estimate of drug-likeness (QED) is 0.794. The van der Waals surface area contributed by atoms with Gasteiger partial charge in [0.25, 0.3) is 0 Å². The molecular formula is C13H12AuO. The molecular weight excluding hydrogens is 369 g/mol. The van der Waals surface area contributed by atoms with E-state index in [0.29, 0.717) is 5.75 Å². The maximum atomic E-state index is 10.1. The molecule has 0 spiro atoms. The number of rotatable bonds is 2. The van der Waals surface area contributed by atoms with E-state index in [4.69, 9.17) is 0 Å². The summed E-state index contributed by atoms with van der Waals surface area (Å²) >= 11 is 0.0363. The molecule has 2 rings (SSSR count). The van der Waals surface area contributed by atoms with Crippen molar-refractivity contribution in [1.29, 1.82) is 0 Å². The molecule has 2 aromatic rings. The van der Waals surface area contributed by atoms with Crippen LogP contribution >= 0.6 is 0 Å². The van der Waals surface area contributed by atoms with Gasteiger partial charge in [0, 0.05) is 0 Å². The molecule has 0 atom stereocenters. The Hall–Kier alpha value is -1.02. The van der Waals surface area contributed by atoms with Gasteiger partial charge in [-0.25, -0.2) is 0 Å². The minimum absolute atomic E-state index is 0.0363. The van der Waals surface area contributed by atoms with Crippen LogP contribution in [0.3, 0.4) is 0 Å². The molecule has 1 nitrogen and oxygen atoms in total. The SMILES string of the molecule is [CH3][Au][c]1cccc(-c2ccccc2)c1O. The van der Waals surface area contributed by atoms with Gasteiger partial charge in [-0.05, 0) is 0 Å². The molecule has 0 unspecified atom stereocenters. The Morgan fingerprint density at radius 1 is 0.933 bits per heavy atom. The molecule has 0 aliphatic heterocycles. The van der Waals surface area contributed by atoms with Gasteiger partial charge in [-0.15, -0.1) is 0 Å². The monoisotopic (exact) mass is 381 g/mol. The molecule has 2 heteroatoms. The van der Waals surface area contributed by atoms with E-state index in [9.17, 15) is 5.11 Å². The Balaban J connectivity index is 2.54. The summed E-state index contributed by atoms with van der Waals surface area (Å²) in [4.78, 5) is 0. The van der Waals surface area contributed by atoms with E-state index < -0.39 is 0 Å². The van der Waals surface area contributed by atoms with Crippen molar-refractivity contribution in [3.8, 4) is 16.9 Å². The predicted molar refractivity (Wildman–Crippen MR) is 59.0 cm³/mol. The zero-order valence-corrected chi connectivity index (χ0v) is 10.5. The van der Waals surface area contributed by atoms with Gasteiger partial charge >= 0.3 is 99.2 Å². The molecule has 0 radical (unpaired) electrons. The zero-order chi connectivity index (χ0) is 10.7. The first-order chi connectivity index (χ1) is 7.33. The van der Waals surface area contributed by atoms with E-state index in [1.54, 1.807) is 0 Å². The Bertz CT molecular complexity index is 451. The molecule has 0 aromatic heterocycles. The number of para-hydroxylation sites is 1. The number of phenolic OH excluding ortho intramolecular Hbond substituents is 1. The van der Waals surface area contributed by atoms with E-state index >= 15 is 0 Å². The van der Waals surface area contributed by atoms with Crippen molar-refractivity contribution >= 4 is 3.78 Å². The van der Waals surface area contributed by atoms with Gasteiger partial charge in [0.1, 0.15) is 0 Å². The van der Waals surface area contributed by atoms with Crippen LogP contribution in [-0.2, 0) is 19.8 Å². The number of aromatic hydroxyl groups is 1. The summed E-state index contributed by atoms with van der Waals surface area (Å²) in [5.41, 5.74) is 2.01. The fraction of sp³-hybridized carbons (Fsp3) is 0.0769. The molecule has 2 aromatic carbocycles. The summed E-state index contributed by atoms with van der Waals surface area (Å²) in [7, 11) is 0.